The highest BCUT2D eigenvalue weighted by molar-refractivity contribution is 7.98. The molecule has 0 aliphatic carbocycles. The quantitative estimate of drug-likeness (QED) is 0.813. The molecule has 0 bridgehead atoms. The Hall–Kier alpha value is -1.63. The van der Waals surface area contributed by atoms with Crippen LogP contribution in [-0.2, 0) is 5.75 Å². The average Bonchev–Trinajstić information content (AvgIpc) is 2.75. The molecule has 2 aromatic rings. The standard InChI is InChI=1S/C10H13N5OS/c1-3-11-9-5-12-8(4-13-9)6-17-10-15-14-7(2)16-10/h4-5H,3,6H2,1-2H3,(H,11,13). The fourth-order valence-corrected chi connectivity index (χ4v) is 1.87. The van der Waals surface area contributed by atoms with Crippen molar-refractivity contribution in [2.45, 2.75) is 24.8 Å². The molecule has 0 aliphatic rings. The molecule has 0 atom stereocenters. The van der Waals surface area contributed by atoms with Gasteiger partial charge in [-0.05, 0) is 6.92 Å². The van der Waals surface area contributed by atoms with Crippen molar-refractivity contribution in [2.24, 2.45) is 0 Å². The summed E-state index contributed by atoms with van der Waals surface area (Å²) in [6.45, 7) is 4.62. The van der Waals surface area contributed by atoms with E-state index in [0.29, 0.717) is 16.9 Å². The van der Waals surface area contributed by atoms with Crippen molar-refractivity contribution in [3.05, 3.63) is 24.0 Å². The number of nitrogens with one attached hydrogen (secondary N) is 1. The van der Waals surface area contributed by atoms with E-state index in [1.165, 1.54) is 11.8 Å². The molecule has 0 fully saturated rings. The molecule has 17 heavy (non-hydrogen) atoms. The van der Waals surface area contributed by atoms with Gasteiger partial charge in [0.1, 0.15) is 5.82 Å². The molecule has 0 unspecified atom stereocenters. The summed E-state index contributed by atoms with van der Waals surface area (Å²) >= 11 is 1.45. The number of rotatable bonds is 5. The number of aromatic nitrogens is 4. The first-order valence-electron chi connectivity index (χ1n) is 5.25. The average molecular weight is 251 g/mol. The van der Waals surface area contributed by atoms with Crippen LogP contribution in [0.3, 0.4) is 0 Å². The lowest BCUT2D eigenvalue weighted by molar-refractivity contribution is 0.429. The number of aryl methyl sites for hydroxylation is 1. The lowest BCUT2D eigenvalue weighted by Crippen LogP contribution is -2.00. The van der Waals surface area contributed by atoms with Crippen molar-refractivity contribution in [1.82, 2.24) is 20.2 Å². The van der Waals surface area contributed by atoms with Crippen LogP contribution in [0.15, 0.2) is 22.0 Å². The summed E-state index contributed by atoms with van der Waals surface area (Å²) in [6.07, 6.45) is 3.46. The Morgan fingerprint density at radius 3 is 2.76 bits per heavy atom. The summed E-state index contributed by atoms with van der Waals surface area (Å²) in [7, 11) is 0. The molecule has 1 N–H and O–H groups in total. The third-order valence-electron chi connectivity index (χ3n) is 1.91. The minimum absolute atomic E-state index is 0.556. The van der Waals surface area contributed by atoms with E-state index in [2.05, 4.69) is 25.5 Å². The molecule has 2 heterocycles. The Labute approximate surface area is 103 Å². The molecule has 0 saturated carbocycles. The summed E-state index contributed by atoms with van der Waals surface area (Å²) in [5.74, 6) is 2.03. The van der Waals surface area contributed by atoms with Crippen molar-refractivity contribution < 1.29 is 4.42 Å². The van der Waals surface area contributed by atoms with Gasteiger partial charge in [0.05, 0.1) is 18.1 Å². The number of anilines is 1. The van der Waals surface area contributed by atoms with Crippen molar-refractivity contribution in [2.75, 3.05) is 11.9 Å². The summed E-state index contributed by atoms with van der Waals surface area (Å²) in [5.41, 5.74) is 0.882. The monoisotopic (exact) mass is 251 g/mol. The number of nitrogens with zero attached hydrogens (tertiary/aromatic N) is 4. The maximum atomic E-state index is 5.25. The Morgan fingerprint density at radius 2 is 2.18 bits per heavy atom. The predicted molar refractivity (Wildman–Crippen MR) is 64.8 cm³/mol. The first-order chi connectivity index (χ1) is 8.28. The van der Waals surface area contributed by atoms with Gasteiger partial charge in [-0.2, -0.15) is 0 Å². The van der Waals surface area contributed by atoms with Crippen LogP contribution < -0.4 is 5.32 Å². The van der Waals surface area contributed by atoms with Gasteiger partial charge in [0.25, 0.3) is 5.22 Å². The maximum Gasteiger partial charge on any atom is 0.276 e. The molecule has 0 aliphatic heterocycles. The molecule has 2 aromatic heterocycles. The van der Waals surface area contributed by atoms with Gasteiger partial charge < -0.3 is 9.73 Å². The van der Waals surface area contributed by atoms with Gasteiger partial charge in [-0.1, -0.05) is 11.8 Å². The smallest absolute Gasteiger partial charge is 0.276 e. The van der Waals surface area contributed by atoms with E-state index in [0.717, 1.165) is 18.1 Å². The number of thioether (sulfide) groups is 1. The van der Waals surface area contributed by atoms with Gasteiger partial charge in [-0.15, -0.1) is 10.2 Å². The Morgan fingerprint density at radius 1 is 1.29 bits per heavy atom. The highest BCUT2D eigenvalue weighted by atomic mass is 32.2. The molecular weight excluding hydrogens is 238 g/mol. The Bertz CT molecular complexity index is 470. The van der Waals surface area contributed by atoms with Crippen LogP contribution in [-0.4, -0.2) is 26.7 Å². The lowest BCUT2D eigenvalue weighted by Gasteiger charge is -2.02. The first-order valence-corrected chi connectivity index (χ1v) is 6.24. The van der Waals surface area contributed by atoms with Crippen molar-refractivity contribution in [3.63, 3.8) is 0 Å². The van der Waals surface area contributed by atoms with Crippen LogP contribution in [0.4, 0.5) is 5.82 Å². The molecule has 0 aromatic carbocycles. The van der Waals surface area contributed by atoms with E-state index < -0.39 is 0 Å². The van der Waals surface area contributed by atoms with E-state index in [1.807, 2.05) is 6.92 Å². The normalized spacial score (nSPS) is 10.5. The molecule has 90 valence electrons. The molecule has 7 heteroatoms. The predicted octanol–water partition coefficient (Wildman–Crippen LogP) is 1.89. The van der Waals surface area contributed by atoms with Crippen LogP contribution in [0.25, 0.3) is 0 Å². The van der Waals surface area contributed by atoms with Crippen LogP contribution >= 0.6 is 11.8 Å². The maximum absolute atomic E-state index is 5.25. The van der Waals surface area contributed by atoms with E-state index >= 15 is 0 Å². The molecular formula is C10H13N5OS. The minimum atomic E-state index is 0.556. The second-order valence-electron chi connectivity index (χ2n) is 3.30. The van der Waals surface area contributed by atoms with Gasteiger partial charge in [0.15, 0.2) is 0 Å². The van der Waals surface area contributed by atoms with E-state index in [1.54, 1.807) is 19.3 Å². The van der Waals surface area contributed by atoms with Crippen LogP contribution in [0, 0.1) is 6.92 Å². The summed E-state index contributed by atoms with van der Waals surface area (Å²) in [6, 6.07) is 0. The fraction of sp³-hybridized carbons (Fsp3) is 0.400. The van der Waals surface area contributed by atoms with Gasteiger partial charge >= 0.3 is 0 Å². The molecule has 0 amide bonds. The topological polar surface area (TPSA) is 76.7 Å². The highest BCUT2D eigenvalue weighted by Gasteiger charge is 2.04. The lowest BCUT2D eigenvalue weighted by atomic mass is 10.5. The van der Waals surface area contributed by atoms with Crippen molar-refractivity contribution in [3.8, 4) is 0 Å². The SMILES string of the molecule is CCNc1cnc(CSc2nnc(C)o2)cn1. The van der Waals surface area contributed by atoms with Gasteiger partial charge in [-0.25, -0.2) is 4.98 Å². The summed E-state index contributed by atoms with van der Waals surface area (Å²) < 4.78 is 5.25. The largest absolute Gasteiger partial charge is 0.416 e. The summed E-state index contributed by atoms with van der Waals surface area (Å²) in [4.78, 5) is 8.52. The third kappa shape index (κ3) is 3.42. The molecule has 0 saturated heterocycles. The zero-order chi connectivity index (χ0) is 12.1. The molecule has 6 nitrogen and oxygen atoms in total. The Balaban J connectivity index is 1.90. The third-order valence-corrected chi connectivity index (χ3v) is 2.77. The number of hydrogen-bond donors (Lipinski definition) is 1. The van der Waals surface area contributed by atoms with Crippen molar-refractivity contribution in [1.29, 1.82) is 0 Å². The van der Waals surface area contributed by atoms with Gasteiger partial charge in [-0.3, -0.25) is 4.98 Å². The summed E-state index contributed by atoms with van der Waals surface area (Å²) in [5, 5.41) is 11.3. The van der Waals surface area contributed by atoms with E-state index in [9.17, 15) is 0 Å². The molecule has 0 radical (unpaired) electrons. The van der Waals surface area contributed by atoms with Gasteiger partial charge in [0, 0.05) is 19.2 Å². The zero-order valence-corrected chi connectivity index (χ0v) is 10.5. The van der Waals surface area contributed by atoms with Gasteiger partial charge in [0.2, 0.25) is 5.89 Å². The fourth-order valence-electron chi connectivity index (χ4n) is 1.17. The Kier molecular flexibility index (Phi) is 3.92. The highest BCUT2D eigenvalue weighted by Crippen LogP contribution is 2.19. The van der Waals surface area contributed by atoms with Crippen LogP contribution in [0.2, 0.25) is 0 Å². The molecule has 0 spiro atoms. The number of hydrogen-bond acceptors (Lipinski definition) is 7. The van der Waals surface area contributed by atoms with Crippen LogP contribution in [0.1, 0.15) is 18.5 Å². The zero-order valence-electron chi connectivity index (χ0n) is 9.67. The van der Waals surface area contributed by atoms with Crippen molar-refractivity contribution >= 4 is 17.6 Å². The second-order valence-corrected chi connectivity index (χ2v) is 4.23. The second kappa shape index (κ2) is 5.62. The van der Waals surface area contributed by atoms with Crippen LogP contribution in [0.5, 0.6) is 0 Å². The molecule has 2 rings (SSSR count). The van der Waals surface area contributed by atoms with E-state index in [4.69, 9.17) is 4.42 Å². The van der Waals surface area contributed by atoms with E-state index in [-0.39, 0.29) is 0 Å². The first kappa shape index (κ1) is 11.8. The minimum Gasteiger partial charge on any atom is -0.416 e.